The molecule has 1 aromatic heterocycles. The zero-order valence-corrected chi connectivity index (χ0v) is 17.1. The van der Waals surface area contributed by atoms with Gasteiger partial charge in [0, 0.05) is 6.42 Å². The fourth-order valence-corrected chi connectivity index (χ4v) is 3.16. The molecule has 0 saturated carbocycles. The SMILES string of the molecule is CCCc1nc2ccccc2c(=O)n1/N=C/c1ccc(Oc2ccc(C)cc2)cc1. The van der Waals surface area contributed by atoms with Gasteiger partial charge in [0.1, 0.15) is 17.3 Å². The van der Waals surface area contributed by atoms with Gasteiger partial charge in [0.2, 0.25) is 0 Å². The molecule has 0 saturated heterocycles. The maximum Gasteiger partial charge on any atom is 0.282 e. The van der Waals surface area contributed by atoms with Gasteiger partial charge in [-0.25, -0.2) is 4.98 Å². The van der Waals surface area contributed by atoms with Gasteiger partial charge in [-0.3, -0.25) is 4.79 Å². The summed E-state index contributed by atoms with van der Waals surface area (Å²) in [5, 5.41) is 5.01. The highest BCUT2D eigenvalue weighted by Gasteiger charge is 2.09. The number of aryl methyl sites for hydroxylation is 2. The lowest BCUT2D eigenvalue weighted by molar-refractivity contribution is 0.482. The van der Waals surface area contributed by atoms with Crippen LogP contribution in [0.5, 0.6) is 11.5 Å². The second kappa shape index (κ2) is 8.74. The van der Waals surface area contributed by atoms with Gasteiger partial charge in [-0.05, 0) is 67.4 Å². The number of nitrogens with zero attached hydrogens (tertiary/aromatic N) is 3. The third-order valence-electron chi connectivity index (χ3n) is 4.75. The molecule has 3 aromatic carbocycles. The summed E-state index contributed by atoms with van der Waals surface area (Å²) < 4.78 is 7.27. The van der Waals surface area contributed by atoms with E-state index in [2.05, 4.69) is 17.0 Å². The molecule has 5 heteroatoms. The minimum Gasteiger partial charge on any atom is -0.457 e. The number of fused-ring (bicyclic) bond motifs is 1. The third-order valence-corrected chi connectivity index (χ3v) is 4.75. The molecule has 0 aliphatic heterocycles. The Balaban J connectivity index is 1.59. The van der Waals surface area contributed by atoms with Crippen LogP contribution in [0.2, 0.25) is 0 Å². The number of para-hydroxylation sites is 1. The summed E-state index contributed by atoms with van der Waals surface area (Å²) in [5.41, 5.74) is 2.61. The molecule has 0 N–H and O–H groups in total. The Kier molecular flexibility index (Phi) is 5.70. The van der Waals surface area contributed by atoms with Crippen molar-refractivity contribution in [1.29, 1.82) is 0 Å². The fourth-order valence-electron chi connectivity index (χ4n) is 3.16. The van der Waals surface area contributed by atoms with E-state index < -0.39 is 0 Å². The lowest BCUT2D eigenvalue weighted by atomic mass is 10.2. The summed E-state index contributed by atoms with van der Waals surface area (Å²) in [6, 6.07) is 22.9. The summed E-state index contributed by atoms with van der Waals surface area (Å²) >= 11 is 0. The first-order valence-corrected chi connectivity index (χ1v) is 10.0. The van der Waals surface area contributed by atoms with Crippen LogP contribution in [0.1, 0.15) is 30.3 Å². The highest BCUT2D eigenvalue weighted by molar-refractivity contribution is 5.80. The molecule has 0 bridgehead atoms. The van der Waals surface area contributed by atoms with Crippen molar-refractivity contribution in [3.8, 4) is 11.5 Å². The van der Waals surface area contributed by atoms with Gasteiger partial charge in [-0.2, -0.15) is 9.78 Å². The first-order valence-electron chi connectivity index (χ1n) is 10.0. The van der Waals surface area contributed by atoms with Gasteiger partial charge >= 0.3 is 0 Å². The van der Waals surface area contributed by atoms with Crippen LogP contribution in [0.3, 0.4) is 0 Å². The van der Waals surface area contributed by atoms with Crippen molar-refractivity contribution in [3.05, 3.63) is 100 Å². The molecule has 0 fully saturated rings. The lowest BCUT2D eigenvalue weighted by Gasteiger charge is -2.08. The van der Waals surface area contributed by atoms with Gasteiger partial charge in [0.05, 0.1) is 17.1 Å². The molecule has 4 rings (SSSR count). The summed E-state index contributed by atoms with van der Waals surface area (Å²) in [5.74, 6) is 2.20. The second-order valence-corrected chi connectivity index (χ2v) is 7.14. The van der Waals surface area contributed by atoms with E-state index in [9.17, 15) is 4.79 Å². The smallest absolute Gasteiger partial charge is 0.282 e. The highest BCUT2D eigenvalue weighted by atomic mass is 16.5. The van der Waals surface area contributed by atoms with Crippen molar-refractivity contribution >= 4 is 17.1 Å². The van der Waals surface area contributed by atoms with Crippen LogP contribution in [0.25, 0.3) is 10.9 Å². The molecular formula is C25H23N3O2. The standard InChI is InChI=1S/C25H23N3O2/c1-3-6-24-27-23-8-5-4-7-22(23)25(29)28(24)26-17-19-11-15-21(16-12-19)30-20-13-9-18(2)10-14-20/h4-5,7-17H,3,6H2,1-2H3/b26-17+. The molecule has 5 nitrogen and oxygen atoms in total. The number of ether oxygens (including phenoxy) is 1. The van der Waals surface area contributed by atoms with Crippen LogP contribution in [0, 0.1) is 6.92 Å². The number of aromatic nitrogens is 2. The maximum absolute atomic E-state index is 12.9. The monoisotopic (exact) mass is 397 g/mol. The molecule has 4 aromatic rings. The summed E-state index contributed by atoms with van der Waals surface area (Å²) in [7, 11) is 0. The van der Waals surface area contributed by atoms with Crippen LogP contribution in [0.4, 0.5) is 0 Å². The Morgan fingerprint density at radius 2 is 1.63 bits per heavy atom. The van der Waals surface area contributed by atoms with Crippen molar-refractivity contribution in [1.82, 2.24) is 9.66 Å². The molecule has 0 aliphatic carbocycles. The average molecular weight is 397 g/mol. The molecule has 0 unspecified atom stereocenters. The number of hydrogen-bond acceptors (Lipinski definition) is 4. The van der Waals surface area contributed by atoms with Crippen LogP contribution in [-0.2, 0) is 6.42 Å². The zero-order chi connectivity index (χ0) is 20.9. The lowest BCUT2D eigenvalue weighted by Crippen LogP contribution is -2.22. The Hall–Kier alpha value is -3.73. The predicted molar refractivity (Wildman–Crippen MR) is 121 cm³/mol. The van der Waals surface area contributed by atoms with Gasteiger partial charge in [0.25, 0.3) is 5.56 Å². The van der Waals surface area contributed by atoms with Crippen molar-refractivity contribution in [2.24, 2.45) is 5.10 Å². The number of rotatable bonds is 6. The summed E-state index contributed by atoms with van der Waals surface area (Å²) in [4.78, 5) is 17.6. The van der Waals surface area contributed by atoms with E-state index >= 15 is 0 Å². The number of benzene rings is 3. The topological polar surface area (TPSA) is 56.5 Å². The molecule has 0 radical (unpaired) electrons. The predicted octanol–water partition coefficient (Wildman–Crippen LogP) is 5.33. The van der Waals surface area contributed by atoms with E-state index in [1.807, 2.05) is 73.7 Å². The van der Waals surface area contributed by atoms with Crippen LogP contribution in [0.15, 0.2) is 82.7 Å². The molecular weight excluding hydrogens is 374 g/mol. The first kappa shape index (κ1) is 19.6. The van der Waals surface area contributed by atoms with E-state index in [4.69, 9.17) is 4.74 Å². The largest absolute Gasteiger partial charge is 0.457 e. The minimum atomic E-state index is -0.153. The number of hydrogen-bond donors (Lipinski definition) is 0. The minimum absolute atomic E-state index is 0.153. The molecule has 0 aliphatic rings. The highest BCUT2D eigenvalue weighted by Crippen LogP contribution is 2.21. The molecule has 1 heterocycles. The van der Waals surface area contributed by atoms with E-state index in [1.54, 1.807) is 12.3 Å². The van der Waals surface area contributed by atoms with E-state index in [-0.39, 0.29) is 5.56 Å². The van der Waals surface area contributed by atoms with Gasteiger partial charge in [-0.15, -0.1) is 0 Å². The van der Waals surface area contributed by atoms with Gasteiger partial charge < -0.3 is 4.74 Å². The Labute approximate surface area is 175 Å². The van der Waals surface area contributed by atoms with Gasteiger partial charge in [-0.1, -0.05) is 36.8 Å². The Bertz CT molecular complexity index is 1240. The Morgan fingerprint density at radius 3 is 2.33 bits per heavy atom. The van der Waals surface area contributed by atoms with E-state index in [0.29, 0.717) is 23.1 Å². The van der Waals surface area contributed by atoms with E-state index in [1.165, 1.54) is 10.2 Å². The maximum atomic E-state index is 12.9. The van der Waals surface area contributed by atoms with E-state index in [0.717, 1.165) is 23.5 Å². The average Bonchev–Trinajstić information content (AvgIpc) is 2.76. The van der Waals surface area contributed by atoms with Crippen LogP contribution in [-0.4, -0.2) is 15.9 Å². The molecule has 0 spiro atoms. The van der Waals surface area contributed by atoms with Crippen molar-refractivity contribution in [3.63, 3.8) is 0 Å². The summed E-state index contributed by atoms with van der Waals surface area (Å²) in [6.07, 6.45) is 3.23. The normalized spacial score (nSPS) is 11.3. The molecule has 0 amide bonds. The molecule has 30 heavy (non-hydrogen) atoms. The summed E-state index contributed by atoms with van der Waals surface area (Å²) in [6.45, 7) is 4.10. The van der Waals surface area contributed by atoms with Crippen LogP contribution >= 0.6 is 0 Å². The first-order chi connectivity index (χ1) is 14.6. The second-order valence-electron chi connectivity index (χ2n) is 7.14. The third kappa shape index (κ3) is 4.30. The van der Waals surface area contributed by atoms with Crippen molar-refractivity contribution < 1.29 is 4.74 Å². The Morgan fingerprint density at radius 1 is 0.967 bits per heavy atom. The zero-order valence-electron chi connectivity index (χ0n) is 17.1. The molecule has 0 atom stereocenters. The van der Waals surface area contributed by atoms with Crippen molar-refractivity contribution in [2.45, 2.75) is 26.7 Å². The van der Waals surface area contributed by atoms with Crippen molar-refractivity contribution in [2.75, 3.05) is 0 Å². The molecule has 150 valence electrons. The fraction of sp³-hybridized carbons (Fsp3) is 0.160. The quantitative estimate of drug-likeness (QED) is 0.413. The van der Waals surface area contributed by atoms with Crippen LogP contribution < -0.4 is 10.3 Å². The van der Waals surface area contributed by atoms with Gasteiger partial charge in [0.15, 0.2) is 0 Å².